The molecule has 2 aromatic carbocycles. The summed E-state index contributed by atoms with van der Waals surface area (Å²) in [6.45, 7) is -0.499. The van der Waals surface area contributed by atoms with Gasteiger partial charge in [0.25, 0.3) is 5.91 Å². The van der Waals surface area contributed by atoms with Crippen molar-refractivity contribution in [3.8, 4) is 11.5 Å². The summed E-state index contributed by atoms with van der Waals surface area (Å²) in [5.74, 6) is -0.805. The maximum Gasteiger partial charge on any atom is 0.331 e. The maximum absolute atomic E-state index is 13.4. The highest BCUT2D eigenvalue weighted by Gasteiger charge is 2.11. The second-order valence-corrected chi connectivity index (χ2v) is 5.08. The van der Waals surface area contributed by atoms with Crippen LogP contribution in [0.3, 0.4) is 0 Å². The van der Waals surface area contributed by atoms with Crippen LogP contribution < -0.4 is 14.8 Å². The molecule has 2 aromatic rings. The molecule has 0 spiro atoms. The fourth-order valence-corrected chi connectivity index (χ4v) is 2.05. The van der Waals surface area contributed by atoms with Crippen LogP contribution in [0.4, 0.5) is 10.1 Å². The Morgan fingerprint density at radius 3 is 2.58 bits per heavy atom. The maximum atomic E-state index is 13.4. The second-order valence-electron chi connectivity index (χ2n) is 5.08. The quantitative estimate of drug-likeness (QED) is 0.608. The monoisotopic (exact) mass is 359 g/mol. The third kappa shape index (κ3) is 5.34. The zero-order chi connectivity index (χ0) is 18.9. The van der Waals surface area contributed by atoms with Gasteiger partial charge in [0.1, 0.15) is 17.3 Å². The van der Waals surface area contributed by atoms with E-state index in [-0.39, 0.29) is 5.56 Å². The molecule has 0 atom stereocenters. The van der Waals surface area contributed by atoms with Crippen LogP contribution in [0, 0.1) is 5.82 Å². The fourth-order valence-electron chi connectivity index (χ4n) is 2.05. The molecule has 0 fully saturated rings. The number of carbonyl (C=O) groups excluding carboxylic acids is 2. The molecule has 0 aliphatic heterocycles. The molecular formula is C19H18FNO5. The predicted octanol–water partition coefficient (Wildman–Crippen LogP) is 3.04. The van der Waals surface area contributed by atoms with E-state index < -0.39 is 24.3 Å². The van der Waals surface area contributed by atoms with Crippen molar-refractivity contribution >= 4 is 23.6 Å². The van der Waals surface area contributed by atoms with Gasteiger partial charge in [0.05, 0.1) is 19.9 Å². The van der Waals surface area contributed by atoms with Crippen molar-refractivity contribution < 1.29 is 28.2 Å². The number of rotatable bonds is 7. The molecule has 26 heavy (non-hydrogen) atoms. The summed E-state index contributed by atoms with van der Waals surface area (Å²) < 4.78 is 28.5. The van der Waals surface area contributed by atoms with Crippen LogP contribution in [0.15, 0.2) is 48.5 Å². The van der Waals surface area contributed by atoms with Crippen LogP contribution in [0.25, 0.3) is 6.08 Å². The Morgan fingerprint density at radius 2 is 1.88 bits per heavy atom. The third-order valence-electron chi connectivity index (χ3n) is 3.33. The normalized spacial score (nSPS) is 10.4. The number of methoxy groups -OCH3 is 2. The SMILES string of the molecule is COc1ccc(OC)c(NC(=O)COC(=O)/C=C/c2ccccc2F)c1. The van der Waals surface area contributed by atoms with Crippen molar-refractivity contribution in [2.75, 3.05) is 26.1 Å². The molecule has 7 heteroatoms. The number of nitrogens with one attached hydrogen (secondary N) is 1. The molecule has 0 aliphatic carbocycles. The topological polar surface area (TPSA) is 73.9 Å². The Hall–Kier alpha value is -3.35. The molecule has 0 saturated heterocycles. The van der Waals surface area contributed by atoms with Crippen LogP contribution in [-0.4, -0.2) is 32.7 Å². The fraction of sp³-hybridized carbons (Fsp3) is 0.158. The first-order valence-electron chi connectivity index (χ1n) is 7.64. The average molecular weight is 359 g/mol. The molecule has 6 nitrogen and oxygen atoms in total. The number of ether oxygens (including phenoxy) is 3. The van der Waals surface area contributed by atoms with E-state index in [0.29, 0.717) is 17.2 Å². The van der Waals surface area contributed by atoms with Gasteiger partial charge in [-0.05, 0) is 24.3 Å². The van der Waals surface area contributed by atoms with Crippen LogP contribution in [0.5, 0.6) is 11.5 Å². The van der Waals surface area contributed by atoms with E-state index in [1.807, 2.05) is 0 Å². The minimum absolute atomic E-state index is 0.245. The molecule has 1 N–H and O–H groups in total. The predicted molar refractivity (Wildman–Crippen MR) is 94.6 cm³/mol. The Bertz CT molecular complexity index is 819. The van der Waals surface area contributed by atoms with Gasteiger partial charge in [0, 0.05) is 17.7 Å². The number of esters is 1. The summed E-state index contributed by atoms with van der Waals surface area (Å²) >= 11 is 0. The highest BCUT2D eigenvalue weighted by Crippen LogP contribution is 2.28. The Kier molecular flexibility index (Phi) is 6.73. The minimum atomic E-state index is -0.763. The first kappa shape index (κ1) is 19.0. The molecule has 0 aromatic heterocycles. The van der Waals surface area contributed by atoms with E-state index in [1.54, 1.807) is 30.3 Å². The minimum Gasteiger partial charge on any atom is -0.497 e. The highest BCUT2D eigenvalue weighted by atomic mass is 19.1. The first-order chi connectivity index (χ1) is 12.5. The van der Waals surface area contributed by atoms with E-state index in [1.165, 1.54) is 32.4 Å². The van der Waals surface area contributed by atoms with Gasteiger partial charge in [-0.1, -0.05) is 18.2 Å². The lowest BCUT2D eigenvalue weighted by Gasteiger charge is -2.11. The zero-order valence-electron chi connectivity index (χ0n) is 14.3. The average Bonchev–Trinajstić information content (AvgIpc) is 2.65. The summed E-state index contributed by atoms with van der Waals surface area (Å²) in [6.07, 6.45) is 2.33. The van der Waals surface area contributed by atoms with Gasteiger partial charge in [-0.3, -0.25) is 4.79 Å². The lowest BCUT2D eigenvalue weighted by molar-refractivity contribution is -0.142. The van der Waals surface area contributed by atoms with Gasteiger partial charge in [0.15, 0.2) is 6.61 Å². The number of benzene rings is 2. The second kappa shape index (κ2) is 9.22. The van der Waals surface area contributed by atoms with Crippen molar-refractivity contribution in [3.63, 3.8) is 0 Å². The van der Waals surface area contributed by atoms with Crippen LogP contribution >= 0.6 is 0 Å². The summed E-state index contributed by atoms with van der Waals surface area (Å²) in [5.41, 5.74) is 0.629. The molecule has 0 saturated carbocycles. The van der Waals surface area contributed by atoms with Gasteiger partial charge >= 0.3 is 5.97 Å². The van der Waals surface area contributed by atoms with Crippen molar-refractivity contribution in [1.82, 2.24) is 0 Å². The summed E-state index contributed by atoms with van der Waals surface area (Å²) in [7, 11) is 2.96. The number of hydrogen-bond acceptors (Lipinski definition) is 5. The molecular weight excluding hydrogens is 341 g/mol. The molecule has 0 heterocycles. The lowest BCUT2D eigenvalue weighted by atomic mass is 10.2. The number of hydrogen-bond donors (Lipinski definition) is 1. The third-order valence-corrected chi connectivity index (χ3v) is 3.33. The molecule has 0 bridgehead atoms. The lowest BCUT2D eigenvalue weighted by Crippen LogP contribution is -2.20. The molecule has 136 valence electrons. The molecule has 0 unspecified atom stereocenters. The van der Waals surface area contributed by atoms with Crippen molar-refractivity contribution in [2.24, 2.45) is 0 Å². The van der Waals surface area contributed by atoms with E-state index >= 15 is 0 Å². The molecule has 2 rings (SSSR count). The Labute approximate surface area is 150 Å². The van der Waals surface area contributed by atoms with E-state index in [0.717, 1.165) is 6.08 Å². The number of amides is 1. The van der Waals surface area contributed by atoms with Crippen LogP contribution in [-0.2, 0) is 14.3 Å². The largest absolute Gasteiger partial charge is 0.497 e. The number of anilines is 1. The van der Waals surface area contributed by atoms with Gasteiger partial charge in [-0.25, -0.2) is 9.18 Å². The van der Waals surface area contributed by atoms with Gasteiger partial charge < -0.3 is 19.5 Å². The van der Waals surface area contributed by atoms with Gasteiger partial charge in [-0.15, -0.1) is 0 Å². The molecule has 1 amide bonds. The summed E-state index contributed by atoms with van der Waals surface area (Å²) in [5, 5.41) is 2.57. The number of halogens is 1. The van der Waals surface area contributed by atoms with Crippen LogP contribution in [0.2, 0.25) is 0 Å². The summed E-state index contributed by atoms with van der Waals surface area (Å²) in [4.78, 5) is 23.6. The number of carbonyl (C=O) groups is 2. The van der Waals surface area contributed by atoms with Gasteiger partial charge in [-0.2, -0.15) is 0 Å². The van der Waals surface area contributed by atoms with E-state index in [4.69, 9.17) is 14.2 Å². The zero-order valence-corrected chi connectivity index (χ0v) is 14.3. The summed E-state index contributed by atoms with van der Waals surface area (Å²) in [6, 6.07) is 10.9. The van der Waals surface area contributed by atoms with Crippen molar-refractivity contribution in [3.05, 3.63) is 59.9 Å². The first-order valence-corrected chi connectivity index (χ1v) is 7.64. The standard InChI is InChI=1S/C19H18FNO5/c1-24-14-8-9-17(25-2)16(11-14)21-18(22)12-26-19(23)10-7-13-5-3-4-6-15(13)20/h3-11H,12H2,1-2H3,(H,21,22)/b10-7+. The van der Waals surface area contributed by atoms with Gasteiger partial charge in [0.2, 0.25) is 0 Å². The van der Waals surface area contributed by atoms with Crippen molar-refractivity contribution in [2.45, 2.75) is 0 Å². The van der Waals surface area contributed by atoms with E-state index in [9.17, 15) is 14.0 Å². The van der Waals surface area contributed by atoms with Crippen LogP contribution in [0.1, 0.15) is 5.56 Å². The van der Waals surface area contributed by atoms with E-state index in [2.05, 4.69) is 5.32 Å². The highest BCUT2D eigenvalue weighted by molar-refractivity contribution is 5.95. The molecule has 0 aliphatic rings. The Morgan fingerprint density at radius 1 is 1.12 bits per heavy atom. The molecule has 0 radical (unpaired) electrons. The smallest absolute Gasteiger partial charge is 0.331 e. The van der Waals surface area contributed by atoms with Crippen molar-refractivity contribution in [1.29, 1.82) is 0 Å². The Balaban J connectivity index is 1.90.